The maximum atomic E-state index is 12.7. The standard InChI is InChI=1S/C22H26N2O3/c1-16-6-4-5-7-19(16)22(26)24-12-10-23(11-13-24)21(25)15-18-8-9-20(27-3)17(2)14-18/h4-9,14H,10-13,15H2,1-3H3. The van der Waals surface area contributed by atoms with Crippen molar-refractivity contribution in [3.8, 4) is 5.75 Å². The van der Waals surface area contributed by atoms with Crippen LogP contribution in [0.5, 0.6) is 5.75 Å². The van der Waals surface area contributed by atoms with Crippen LogP contribution < -0.4 is 4.74 Å². The van der Waals surface area contributed by atoms with Crippen molar-refractivity contribution in [1.82, 2.24) is 9.80 Å². The summed E-state index contributed by atoms with van der Waals surface area (Å²) in [5.41, 5.74) is 3.73. The summed E-state index contributed by atoms with van der Waals surface area (Å²) in [6, 6.07) is 13.5. The summed E-state index contributed by atoms with van der Waals surface area (Å²) in [4.78, 5) is 29.0. The van der Waals surface area contributed by atoms with Gasteiger partial charge in [0.1, 0.15) is 5.75 Å². The number of methoxy groups -OCH3 is 1. The molecule has 1 fully saturated rings. The monoisotopic (exact) mass is 366 g/mol. The van der Waals surface area contributed by atoms with E-state index in [9.17, 15) is 9.59 Å². The first-order valence-electron chi connectivity index (χ1n) is 9.26. The van der Waals surface area contributed by atoms with E-state index in [1.807, 2.05) is 66.1 Å². The highest BCUT2D eigenvalue weighted by Gasteiger charge is 2.25. The number of benzene rings is 2. The first-order valence-corrected chi connectivity index (χ1v) is 9.26. The second-order valence-electron chi connectivity index (χ2n) is 6.97. The molecule has 0 atom stereocenters. The molecule has 142 valence electrons. The average Bonchev–Trinajstić information content (AvgIpc) is 2.68. The van der Waals surface area contributed by atoms with Crippen LogP contribution in [0.3, 0.4) is 0 Å². The van der Waals surface area contributed by atoms with Crippen molar-refractivity contribution in [2.45, 2.75) is 20.3 Å². The molecule has 0 spiro atoms. The fourth-order valence-corrected chi connectivity index (χ4v) is 3.48. The molecule has 0 bridgehead atoms. The summed E-state index contributed by atoms with van der Waals surface area (Å²) in [5.74, 6) is 0.975. The van der Waals surface area contributed by atoms with E-state index in [-0.39, 0.29) is 11.8 Å². The molecule has 27 heavy (non-hydrogen) atoms. The number of rotatable bonds is 4. The number of carbonyl (C=O) groups is 2. The lowest BCUT2D eigenvalue weighted by atomic mass is 10.1. The molecule has 0 aromatic heterocycles. The van der Waals surface area contributed by atoms with Gasteiger partial charge in [0.15, 0.2) is 0 Å². The normalized spacial score (nSPS) is 14.2. The Morgan fingerprint density at radius 3 is 2.22 bits per heavy atom. The van der Waals surface area contributed by atoms with Gasteiger partial charge < -0.3 is 14.5 Å². The number of ether oxygens (including phenoxy) is 1. The zero-order chi connectivity index (χ0) is 19.4. The predicted octanol–water partition coefficient (Wildman–Crippen LogP) is 2.84. The van der Waals surface area contributed by atoms with E-state index >= 15 is 0 Å². The summed E-state index contributed by atoms with van der Waals surface area (Å²) >= 11 is 0. The minimum atomic E-state index is 0.0472. The first-order chi connectivity index (χ1) is 13.0. The summed E-state index contributed by atoms with van der Waals surface area (Å²) in [5, 5.41) is 0. The van der Waals surface area contributed by atoms with E-state index < -0.39 is 0 Å². The van der Waals surface area contributed by atoms with Crippen molar-refractivity contribution >= 4 is 11.8 Å². The Labute approximate surface area is 160 Å². The number of hydrogen-bond donors (Lipinski definition) is 0. The van der Waals surface area contributed by atoms with Gasteiger partial charge in [0.2, 0.25) is 5.91 Å². The second-order valence-corrected chi connectivity index (χ2v) is 6.97. The molecule has 0 saturated carbocycles. The highest BCUT2D eigenvalue weighted by molar-refractivity contribution is 5.95. The lowest BCUT2D eigenvalue weighted by Gasteiger charge is -2.35. The molecular weight excluding hydrogens is 340 g/mol. The van der Waals surface area contributed by atoms with Crippen molar-refractivity contribution in [1.29, 1.82) is 0 Å². The Balaban J connectivity index is 1.57. The Kier molecular flexibility index (Phi) is 5.79. The van der Waals surface area contributed by atoms with Crippen molar-refractivity contribution < 1.29 is 14.3 Å². The average molecular weight is 366 g/mol. The largest absolute Gasteiger partial charge is 0.496 e. The molecule has 1 aliphatic heterocycles. The van der Waals surface area contributed by atoms with Gasteiger partial charge in [-0.2, -0.15) is 0 Å². The lowest BCUT2D eigenvalue weighted by molar-refractivity contribution is -0.131. The molecule has 0 aliphatic carbocycles. The molecule has 2 amide bonds. The number of nitrogens with zero attached hydrogens (tertiary/aromatic N) is 2. The molecule has 5 heteroatoms. The molecule has 0 N–H and O–H groups in total. The quantitative estimate of drug-likeness (QED) is 0.836. The Morgan fingerprint density at radius 1 is 0.926 bits per heavy atom. The summed E-state index contributed by atoms with van der Waals surface area (Å²) in [7, 11) is 1.64. The molecule has 0 radical (unpaired) electrons. The van der Waals surface area contributed by atoms with Gasteiger partial charge in [0.05, 0.1) is 13.5 Å². The van der Waals surface area contributed by atoms with Crippen LogP contribution in [0.15, 0.2) is 42.5 Å². The Morgan fingerprint density at radius 2 is 1.59 bits per heavy atom. The zero-order valence-corrected chi connectivity index (χ0v) is 16.2. The lowest BCUT2D eigenvalue weighted by Crippen LogP contribution is -2.51. The van der Waals surface area contributed by atoms with Crippen LogP contribution in [0.2, 0.25) is 0 Å². The fraction of sp³-hybridized carbons (Fsp3) is 0.364. The molecule has 5 nitrogen and oxygen atoms in total. The van der Waals surface area contributed by atoms with Gasteiger partial charge in [0.25, 0.3) is 5.91 Å². The summed E-state index contributed by atoms with van der Waals surface area (Å²) in [6.07, 6.45) is 0.372. The van der Waals surface area contributed by atoms with Gasteiger partial charge in [0, 0.05) is 31.7 Å². The molecular formula is C22H26N2O3. The number of piperazine rings is 1. The highest BCUT2D eigenvalue weighted by atomic mass is 16.5. The van der Waals surface area contributed by atoms with Crippen LogP contribution in [0.1, 0.15) is 27.0 Å². The molecule has 2 aromatic carbocycles. The van der Waals surface area contributed by atoms with Gasteiger partial charge in [-0.1, -0.05) is 30.3 Å². The minimum Gasteiger partial charge on any atom is -0.496 e. The third kappa shape index (κ3) is 4.30. The Hall–Kier alpha value is -2.82. The maximum absolute atomic E-state index is 12.7. The van der Waals surface area contributed by atoms with Crippen LogP contribution in [-0.4, -0.2) is 54.9 Å². The highest BCUT2D eigenvalue weighted by Crippen LogP contribution is 2.19. The van der Waals surface area contributed by atoms with Gasteiger partial charge in [-0.25, -0.2) is 0 Å². The third-order valence-electron chi connectivity index (χ3n) is 5.11. The van der Waals surface area contributed by atoms with Gasteiger partial charge in [-0.3, -0.25) is 9.59 Å². The van der Waals surface area contributed by atoms with Gasteiger partial charge in [-0.15, -0.1) is 0 Å². The number of amides is 2. The number of aryl methyl sites for hydroxylation is 2. The van der Waals surface area contributed by atoms with E-state index in [0.717, 1.165) is 28.0 Å². The van der Waals surface area contributed by atoms with E-state index in [1.165, 1.54) is 0 Å². The number of carbonyl (C=O) groups excluding carboxylic acids is 2. The fourth-order valence-electron chi connectivity index (χ4n) is 3.48. The van der Waals surface area contributed by atoms with Gasteiger partial charge in [-0.05, 0) is 42.7 Å². The summed E-state index contributed by atoms with van der Waals surface area (Å²) < 4.78 is 5.27. The van der Waals surface area contributed by atoms with Crippen molar-refractivity contribution in [2.75, 3.05) is 33.3 Å². The van der Waals surface area contributed by atoms with Crippen molar-refractivity contribution in [2.24, 2.45) is 0 Å². The predicted molar refractivity (Wildman–Crippen MR) is 105 cm³/mol. The van der Waals surface area contributed by atoms with Crippen LogP contribution in [-0.2, 0) is 11.2 Å². The SMILES string of the molecule is COc1ccc(CC(=O)N2CCN(C(=O)c3ccccc3C)CC2)cc1C. The first kappa shape index (κ1) is 19.0. The van der Waals surface area contributed by atoms with Gasteiger partial charge >= 0.3 is 0 Å². The number of hydrogen-bond acceptors (Lipinski definition) is 3. The van der Waals surface area contributed by atoms with E-state index in [1.54, 1.807) is 7.11 Å². The molecule has 1 aliphatic rings. The maximum Gasteiger partial charge on any atom is 0.254 e. The van der Waals surface area contributed by atoms with Crippen LogP contribution in [0.4, 0.5) is 0 Å². The molecule has 0 unspecified atom stereocenters. The second kappa shape index (κ2) is 8.25. The Bertz CT molecular complexity index is 839. The summed E-state index contributed by atoms with van der Waals surface area (Å²) in [6.45, 7) is 6.21. The van der Waals surface area contributed by atoms with E-state index in [0.29, 0.717) is 32.6 Å². The smallest absolute Gasteiger partial charge is 0.254 e. The van der Waals surface area contributed by atoms with Crippen LogP contribution in [0, 0.1) is 13.8 Å². The molecule has 3 rings (SSSR count). The molecule has 1 heterocycles. The van der Waals surface area contributed by atoms with E-state index in [2.05, 4.69) is 0 Å². The van der Waals surface area contributed by atoms with E-state index in [4.69, 9.17) is 4.74 Å². The van der Waals surface area contributed by atoms with Crippen LogP contribution >= 0.6 is 0 Å². The van der Waals surface area contributed by atoms with Crippen molar-refractivity contribution in [3.05, 3.63) is 64.7 Å². The third-order valence-corrected chi connectivity index (χ3v) is 5.11. The zero-order valence-electron chi connectivity index (χ0n) is 16.2. The minimum absolute atomic E-state index is 0.0472. The topological polar surface area (TPSA) is 49.9 Å². The molecule has 1 saturated heterocycles. The van der Waals surface area contributed by atoms with Crippen molar-refractivity contribution in [3.63, 3.8) is 0 Å². The van der Waals surface area contributed by atoms with Crippen LogP contribution in [0.25, 0.3) is 0 Å². The molecule has 2 aromatic rings.